The predicted molar refractivity (Wildman–Crippen MR) is 105 cm³/mol. The Bertz CT molecular complexity index is 889. The van der Waals surface area contributed by atoms with E-state index in [0.717, 1.165) is 17.1 Å². The predicted octanol–water partition coefficient (Wildman–Crippen LogP) is 2.52. The van der Waals surface area contributed by atoms with Crippen LogP contribution in [-0.2, 0) is 4.79 Å². The zero-order valence-electron chi connectivity index (χ0n) is 15.0. The summed E-state index contributed by atoms with van der Waals surface area (Å²) in [7, 11) is 1.62. The Morgan fingerprint density at radius 1 is 1.15 bits per heavy atom. The lowest BCUT2D eigenvalue weighted by Crippen LogP contribution is -2.27. The van der Waals surface area contributed by atoms with Gasteiger partial charge in [0.1, 0.15) is 23.7 Å². The van der Waals surface area contributed by atoms with Gasteiger partial charge >= 0.3 is 0 Å². The maximum Gasteiger partial charge on any atom is 0.244 e. The summed E-state index contributed by atoms with van der Waals surface area (Å²) in [5.74, 6) is 2.12. The Balaban J connectivity index is 1.42. The first-order valence-electron chi connectivity index (χ1n) is 8.54. The molecule has 1 amide bonds. The zero-order chi connectivity index (χ0) is 18.9. The second-order valence-electron chi connectivity index (χ2n) is 5.68. The van der Waals surface area contributed by atoms with E-state index in [4.69, 9.17) is 4.74 Å². The summed E-state index contributed by atoms with van der Waals surface area (Å²) in [6.07, 6.45) is 8.61. The van der Waals surface area contributed by atoms with Crippen LogP contribution < -0.4 is 15.4 Å². The number of rotatable bonds is 8. The van der Waals surface area contributed by atoms with Crippen molar-refractivity contribution in [3.63, 3.8) is 0 Å². The third-order valence-electron chi connectivity index (χ3n) is 3.79. The third kappa shape index (κ3) is 5.43. The number of anilines is 1. The summed E-state index contributed by atoms with van der Waals surface area (Å²) in [6, 6.07) is 13.2. The van der Waals surface area contributed by atoms with E-state index in [-0.39, 0.29) is 5.91 Å². The molecular formula is C20H21N5O2. The van der Waals surface area contributed by atoms with Crippen molar-refractivity contribution in [3.8, 4) is 11.6 Å². The topological polar surface area (TPSA) is 81.1 Å². The van der Waals surface area contributed by atoms with Crippen LogP contribution in [0.2, 0.25) is 0 Å². The first-order valence-corrected chi connectivity index (χ1v) is 8.54. The fourth-order valence-electron chi connectivity index (χ4n) is 2.39. The summed E-state index contributed by atoms with van der Waals surface area (Å²) in [6.45, 7) is 1.04. The number of amides is 1. The minimum Gasteiger partial charge on any atom is -0.497 e. The SMILES string of the molecule is COc1ccc(/C=C/C(=O)NCCNc2cc(-n3cccc3)ncn2)cc1. The molecule has 0 aliphatic rings. The lowest BCUT2D eigenvalue weighted by atomic mass is 10.2. The highest BCUT2D eigenvalue weighted by molar-refractivity contribution is 5.91. The van der Waals surface area contributed by atoms with Gasteiger partial charge in [0.05, 0.1) is 7.11 Å². The molecule has 0 saturated heterocycles. The van der Waals surface area contributed by atoms with Crippen LogP contribution in [0.15, 0.2) is 67.3 Å². The first-order chi connectivity index (χ1) is 13.2. The molecule has 0 unspecified atom stereocenters. The second-order valence-corrected chi connectivity index (χ2v) is 5.68. The molecule has 2 heterocycles. The lowest BCUT2D eigenvalue weighted by Gasteiger charge is -2.08. The van der Waals surface area contributed by atoms with Crippen molar-refractivity contribution in [1.82, 2.24) is 19.9 Å². The van der Waals surface area contributed by atoms with Crippen LogP contribution in [0.3, 0.4) is 0 Å². The van der Waals surface area contributed by atoms with E-state index in [1.54, 1.807) is 13.2 Å². The number of hydrogen-bond donors (Lipinski definition) is 2. The Morgan fingerprint density at radius 3 is 2.67 bits per heavy atom. The summed E-state index contributed by atoms with van der Waals surface area (Å²) >= 11 is 0. The van der Waals surface area contributed by atoms with Crippen molar-refractivity contribution in [2.24, 2.45) is 0 Å². The van der Waals surface area contributed by atoms with E-state index in [9.17, 15) is 4.79 Å². The third-order valence-corrected chi connectivity index (χ3v) is 3.79. The molecule has 138 valence electrons. The van der Waals surface area contributed by atoms with Gasteiger partial charge in [-0.05, 0) is 35.9 Å². The molecule has 0 fully saturated rings. The van der Waals surface area contributed by atoms with Gasteiger partial charge in [0.25, 0.3) is 0 Å². The average Bonchev–Trinajstić information content (AvgIpc) is 3.25. The normalized spacial score (nSPS) is 10.7. The number of methoxy groups -OCH3 is 1. The zero-order valence-corrected chi connectivity index (χ0v) is 15.0. The second kappa shape index (κ2) is 9.19. The van der Waals surface area contributed by atoms with E-state index < -0.39 is 0 Å². The molecule has 2 aromatic heterocycles. The molecule has 7 heteroatoms. The van der Waals surface area contributed by atoms with Crippen molar-refractivity contribution in [3.05, 3.63) is 72.8 Å². The molecule has 1 aromatic carbocycles. The summed E-state index contributed by atoms with van der Waals surface area (Å²) in [5, 5.41) is 6.00. The largest absolute Gasteiger partial charge is 0.497 e. The number of hydrogen-bond acceptors (Lipinski definition) is 5. The maximum absolute atomic E-state index is 11.9. The van der Waals surface area contributed by atoms with Crippen LogP contribution in [-0.4, -0.2) is 40.6 Å². The van der Waals surface area contributed by atoms with Crippen molar-refractivity contribution in [1.29, 1.82) is 0 Å². The Hall–Kier alpha value is -3.61. The van der Waals surface area contributed by atoms with Gasteiger partial charge in [-0.1, -0.05) is 12.1 Å². The first kappa shape index (κ1) is 18.2. The highest BCUT2D eigenvalue weighted by atomic mass is 16.5. The smallest absolute Gasteiger partial charge is 0.244 e. The number of carbonyl (C=O) groups excluding carboxylic acids is 1. The Kier molecular flexibility index (Phi) is 6.19. The number of ether oxygens (including phenoxy) is 1. The quantitative estimate of drug-likeness (QED) is 0.475. The van der Waals surface area contributed by atoms with Crippen molar-refractivity contribution in [2.45, 2.75) is 0 Å². The molecule has 0 spiro atoms. The van der Waals surface area contributed by atoms with Gasteiger partial charge in [-0.2, -0.15) is 0 Å². The van der Waals surface area contributed by atoms with E-state index in [1.807, 2.05) is 59.4 Å². The van der Waals surface area contributed by atoms with E-state index in [0.29, 0.717) is 18.9 Å². The number of carbonyl (C=O) groups is 1. The molecule has 0 radical (unpaired) electrons. The van der Waals surface area contributed by atoms with Gasteiger partial charge in [0.15, 0.2) is 0 Å². The van der Waals surface area contributed by atoms with Crippen LogP contribution in [0, 0.1) is 0 Å². The maximum atomic E-state index is 11.9. The molecule has 0 saturated carbocycles. The van der Waals surface area contributed by atoms with Crippen molar-refractivity contribution >= 4 is 17.8 Å². The lowest BCUT2D eigenvalue weighted by molar-refractivity contribution is -0.116. The van der Waals surface area contributed by atoms with Crippen LogP contribution >= 0.6 is 0 Å². The molecule has 27 heavy (non-hydrogen) atoms. The number of benzene rings is 1. The van der Waals surface area contributed by atoms with Gasteiger partial charge in [0.2, 0.25) is 5.91 Å². The van der Waals surface area contributed by atoms with Gasteiger partial charge in [-0.3, -0.25) is 4.79 Å². The molecule has 3 rings (SSSR count). The minimum absolute atomic E-state index is 0.150. The molecular weight excluding hydrogens is 342 g/mol. The molecule has 0 atom stereocenters. The van der Waals surface area contributed by atoms with Crippen molar-refractivity contribution in [2.75, 3.05) is 25.5 Å². The number of nitrogens with one attached hydrogen (secondary N) is 2. The van der Waals surface area contributed by atoms with Crippen LogP contribution in [0.4, 0.5) is 5.82 Å². The molecule has 7 nitrogen and oxygen atoms in total. The molecule has 0 aliphatic carbocycles. The van der Waals surface area contributed by atoms with Gasteiger partial charge in [0, 0.05) is 37.6 Å². The monoisotopic (exact) mass is 363 g/mol. The summed E-state index contributed by atoms with van der Waals surface area (Å²) in [5.41, 5.74) is 0.933. The number of aromatic nitrogens is 3. The Labute approximate surface area is 157 Å². The molecule has 3 aromatic rings. The van der Waals surface area contributed by atoms with E-state index >= 15 is 0 Å². The van der Waals surface area contributed by atoms with E-state index in [2.05, 4.69) is 20.6 Å². The molecule has 0 aliphatic heterocycles. The van der Waals surface area contributed by atoms with Crippen LogP contribution in [0.5, 0.6) is 5.75 Å². The summed E-state index contributed by atoms with van der Waals surface area (Å²) < 4.78 is 7.01. The summed E-state index contributed by atoms with van der Waals surface area (Å²) in [4.78, 5) is 20.3. The van der Waals surface area contributed by atoms with Gasteiger partial charge in [-0.15, -0.1) is 0 Å². The highest BCUT2D eigenvalue weighted by Gasteiger charge is 2.00. The fourth-order valence-corrected chi connectivity index (χ4v) is 2.39. The minimum atomic E-state index is -0.150. The molecule has 2 N–H and O–H groups in total. The number of nitrogens with zero attached hydrogens (tertiary/aromatic N) is 3. The highest BCUT2D eigenvalue weighted by Crippen LogP contribution is 2.12. The molecule has 0 bridgehead atoms. The van der Waals surface area contributed by atoms with Crippen LogP contribution in [0.25, 0.3) is 11.9 Å². The van der Waals surface area contributed by atoms with Gasteiger partial charge < -0.3 is 19.9 Å². The van der Waals surface area contributed by atoms with Gasteiger partial charge in [-0.25, -0.2) is 9.97 Å². The van der Waals surface area contributed by atoms with Crippen molar-refractivity contribution < 1.29 is 9.53 Å². The van der Waals surface area contributed by atoms with Crippen LogP contribution in [0.1, 0.15) is 5.56 Å². The Morgan fingerprint density at radius 2 is 1.93 bits per heavy atom. The fraction of sp³-hybridized carbons (Fsp3) is 0.150. The van der Waals surface area contributed by atoms with E-state index in [1.165, 1.54) is 12.4 Å². The standard InChI is InChI=1S/C20H21N5O2/c1-27-17-7-4-16(5-8-17)6-9-20(26)22-11-10-21-18-14-19(24-15-23-18)25-12-2-3-13-25/h2-9,12-15H,10-11H2,1H3,(H,22,26)(H,21,23,24)/b9-6+. The average molecular weight is 363 g/mol.